The van der Waals surface area contributed by atoms with E-state index in [9.17, 15) is 9.59 Å². The summed E-state index contributed by atoms with van der Waals surface area (Å²) in [6, 6.07) is 13.0. The van der Waals surface area contributed by atoms with Crippen molar-refractivity contribution in [3.8, 4) is 5.75 Å². The van der Waals surface area contributed by atoms with Gasteiger partial charge in [-0.25, -0.2) is 4.79 Å². The number of ether oxygens (including phenoxy) is 2. The molecule has 1 amide bonds. The number of esters is 1. The van der Waals surface area contributed by atoms with Crippen LogP contribution >= 0.6 is 11.8 Å². The maximum absolute atomic E-state index is 12.5. The van der Waals surface area contributed by atoms with Crippen LogP contribution in [0.25, 0.3) is 0 Å². The number of fused-ring (bicyclic) bond motifs is 1. The number of benzene rings is 2. The standard InChI is InChI=1S/C21H23NO4S/c1-3-4-11-26-21(24)15-7-10-18-17(13-15)22-20(23)19(27-18)12-14-5-8-16(25-2)9-6-14/h5-10,13,19H,3-4,11-12H2,1-2H3,(H,22,23). The van der Waals surface area contributed by atoms with Crippen LogP contribution < -0.4 is 10.1 Å². The Morgan fingerprint density at radius 3 is 2.67 bits per heavy atom. The normalized spacial score (nSPS) is 15.6. The monoisotopic (exact) mass is 385 g/mol. The Balaban J connectivity index is 1.68. The molecule has 0 fully saturated rings. The molecule has 6 heteroatoms. The lowest BCUT2D eigenvalue weighted by molar-refractivity contribution is -0.115. The van der Waals surface area contributed by atoms with Gasteiger partial charge in [-0.05, 0) is 48.7 Å². The molecule has 0 aromatic heterocycles. The van der Waals surface area contributed by atoms with Gasteiger partial charge in [-0.2, -0.15) is 0 Å². The molecule has 5 nitrogen and oxygen atoms in total. The van der Waals surface area contributed by atoms with E-state index in [1.807, 2.05) is 37.3 Å². The molecule has 1 aliphatic rings. The molecule has 1 aliphatic heterocycles. The van der Waals surface area contributed by atoms with Crippen molar-refractivity contribution < 1.29 is 19.1 Å². The Morgan fingerprint density at radius 1 is 1.19 bits per heavy atom. The van der Waals surface area contributed by atoms with Crippen LogP contribution in [0.4, 0.5) is 5.69 Å². The fraction of sp³-hybridized carbons (Fsp3) is 0.333. The molecule has 1 N–H and O–H groups in total. The van der Waals surface area contributed by atoms with Crippen molar-refractivity contribution >= 4 is 29.3 Å². The predicted octanol–water partition coefficient (Wildman–Crippen LogP) is 4.31. The van der Waals surface area contributed by atoms with Gasteiger partial charge in [0.05, 0.1) is 30.2 Å². The average molecular weight is 385 g/mol. The quantitative estimate of drug-likeness (QED) is 0.568. The largest absolute Gasteiger partial charge is 0.497 e. The van der Waals surface area contributed by atoms with Crippen LogP contribution in [-0.4, -0.2) is 30.8 Å². The van der Waals surface area contributed by atoms with Gasteiger partial charge in [0.1, 0.15) is 5.75 Å². The van der Waals surface area contributed by atoms with Crippen LogP contribution in [0.1, 0.15) is 35.7 Å². The summed E-state index contributed by atoms with van der Waals surface area (Å²) in [6.45, 7) is 2.46. The molecule has 1 atom stereocenters. The van der Waals surface area contributed by atoms with E-state index in [0.29, 0.717) is 24.3 Å². The fourth-order valence-electron chi connectivity index (χ4n) is 2.78. The molecule has 0 aliphatic carbocycles. The summed E-state index contributed by atoms with van der Waals surface area (Å²) in [5.41, 5.74) is 2.20. The van der Waals surface area contributed by atoms with Crippen LogP contribution in [0.15, 0.2) is 47.4 Å². The molecule has 2 aromatic carbocycles. The van der Waals surface area contributed by atoms with Crippen LogP contribution in [0.2, 0.25) is 0 Å². The summed E-state index contributed by atoms with van der Waals surface area (Å²) in [5.74, 6) is 0.383. The SMILES string of the molecule is CCCCOC(=O)c1ccc2c(c1)NC(=O)C(Cc1ccc(OC)cc1)S2. The average Bonchev–Trinajstić information content (AvgIpc) is 2.69. The third-order valence-corrected chi connectivity index (χ3v) is 5.62. The molecule has 142 valence electrons. The minimum absolute atomic E-state index is 0.0557. The molecule has 0 bridgehead atoms. The van der Waals surface area contributed by atoms with Gasteiger partial charge >= 0.3 is 5.97 Å². The second kappa shape index (κ2) is 8.95. The Hall–Kier alpha value is -2.47. The topological polar surface area (TPSA) is 64.6 Å². The van der Waals surface area contributed by atoms with Crippen molar-refractivity contribution in [2.75, 3.05) is 19.0 Å². The van der Waals surface area contributed by atoms with Gasteiger partial charge in [-0.3, -0.25) is 4.79 Å². The van der Waals surface area contributed by atoms with Crippen LogP contribution in [-0.2, 0) is 16.0 Å². The van der Waals surface area contributed by atoms with E-state index in [4.69, 9.17) is 9.47 Å². The van der Waals surface area contributed by atoms with Gasteiger partial charge in [-0.15, -0.1) is 11.8 Å². The highest BCUT2D eigenvalue weighted by atomic mass is 32.2. The Morgan fingerprint density at radius 2 is 1.96 bits per heavy atom. The lowest BCUT2D eigenvalue weighted by Crippen LogP contribution is -2.30. The number of unbranched alkanes of at least 4 members (excludes halogenated alkanes) is 1. The van der Waals surface area contributed by atoms with Gasteiger partial charge in [0, 0.05) is 4.90 Å². The highest BCUT2D eigenvalue weighted by molar-refractivity contribution is 8.01. The molecule has 1 heterocycles. The van der Waals surface area contributed by atoms with Crippen molar-refractivity contribution in [3.63, 3.8) is 0 Å². The summed E-state index contributed by atoms with van der Waals surface area (Å²) < 4.78 is 10.4. The highest BCUT2D eigenvalue weighted by Gasteiger charge is 2.28. The number of methoxy groups -OCH3 is 1. The van der Waals surface area contributed by atoms with Crippen molar-refractivity contribution in [1.82, 2.24) is 0 Å². The molecule has 0 radical (unpaired) electrons. The van der Waals surface area contributed by atoms with E-state index >= 15 is 0 Å². The molecule has 2 aromatic rings. The number of rotatable bonds is 7. The molecule has 27 heavy (non-hydrogen) atoms. The second-order valence-electron chi connectivity index (χ2n) is 6.35. The van der Waals surface area contributed by atoms with Crippen molar-refractivity contribution in [1.29, 1.82) is 0 Å². The highest BCUT2D eigenvalue weighted by Crippen LogP contribution is 2.37. The third kappa shape index (κ3) is 4.83. The summed E-state index contributed by atoms with van der Waals surface area (Å²) in [7, 11) is 1.63. The first-order valence-corrected chi connectivity index (χ1v) is 9.90. The minimum Gasteiger partial charge on any atom is -0.497 e. The molecule has 0 saturated carbocycles. The summed E-state index contributed by atoms with van der Waals surface area (Å²) >= 11 is 1.52. The van der Waals surface area contributed by atoms with Crippen LogP contribution in [0, 0.1) is 0 Å². The number of thioether (sulfide) groups is 1. The van der Waals surface area contributed by atoms with E-state index in [2.05, 4.69) is 5.32 Å². The molecule has 1 unspecified atom stereocenters. The van der Waals surface area contributed by atoms with Crippen molar-refractivity contribution in [3.05, 3.63) is 53.6 Å². The molecule has 3 rings (SSSR count). The lowest BCUT2D eigenvalue weighted by Gasteiger charge is -2.24. The lowest BCUT2D eigenvalue weighted by atomic mass is 10.1. The first-order chi connectivity index (χ1) is 13.1. The van der Waals surface area contributed by atoms with E-state index in [1.54, 1.807) is 19.2 Å². The first-order valence-electron chi connectivity index (χ1n) is 9.02. The Labute approximate surface area is 163 Å². The van der Waals surface area contributed by atoms with Gasteiger partial charge < -0.3 is 14.8 Å². The summed E-state index contributed by atoms with van der Waals surface area (Å²) in [6.07, 6.45) is 2.44. The van der Waals surface area contributed by atoms with Gasteiger partial charge in [0.15, 0.2) is 0 Å². The zero-order chi connectivity index (χ0) is 19.2. The number of hydrogen-bond acceptors (Lipinski definition) is 5. The predicted molar refractivity (Wildman–Crippen MR) is 107 cm³/mol. The molecular weight excluding hydrogens is 362 g/mol. The zero-order valence-corrected chi connectivity index (χ0v) is 16.3. The number of hydrogen-bond donors (Lipinski definition) is 1. The maximum Gasteiger partial charge on any atom is 0.338 e. The van der Waals surface area contributed by atoms with Crippen molar-refractivity contribution in [2.24, 2.45) is 0 Å². The zero-order valence-electron chi connectivity index (χ0n) is 15.5. The Kier molecular flexibility index (Phi) is 6.40. The summed E-state index contributed by atoms with van der Waals surface area (Å²) in [4.78, 5) is 25.6. The number of carbonyl (C=O) groups excluding carboxylic acids is 2. The third-order valence-electron chi connectivity index (χ3n) is 4.35. The number of amides is 1. The fourth-order valence-corrected chi connectivity index (χ4v) is 3.91. The molecule has 0 saturated heterocycles. The number of carbonyl (C=O) groups is 2. The maximum atomic E-state index is 12.5. The van der Waals surface area contributed by atoms with Crippen molar-refractivity contribution in [2.45, 2.75) is 36.3 Å². The molecular formula is C21H23NO4S. The van der Waals surface area contributed by atoms with Gasteiger partial charge in [-0.1, -0.05) is 25.5 Å². The van der Waals surface area contributed by atoms with E-state index in [-0.39, 0.29) is 17.1 Å². The van der Waals surface area contributed by atoms with E-state index < -0.39 is 0 Å². The van der Waals surface area contributed by atoms with Gasteiger partial charge in [0.2, 0.25) is 5.91 Å². The summed E-state index contributed by atoms with van der Waals surface area (Å²) in [5, 5.41) is 2.71. The minimum atomic E-state index is -0.356. The van der Waals surface area contributed by atoms with Crippen LogP contribution in [0.5, 0.6) is 5.75 Å². The van der Waals surface area contributed by atoms with Gasteiger partial charge in [0.25, 0.3) is 0 Å². The second-order valence-corrected chi connectivity index (χ2v) is 7.59. The van der Waals surface area contributed by atoms with E-state index in [0.717, 1.165) is 29.1 Å². The number of nitrogens with one attached hydrogen (secondary N) is 1. The van der Waals surface area contributed by atoms with E-state index in [1.165, 1.54) is 11.8 Å². The van der Waals surface area contributed by atoms with Crippen LogP contribution in [0.3, 0.4) is 0 Å². The Bertz CT molecular complexity index is 819. The number of anilines is 1. The first kappa shape index (κ1) is 19.3. The molecule has 0 spiro atoms. The smallest absolute Gasteiger partial charge is 0.338 e.